The van der Waals surface area contributed by atoms with Crippen molar-refractivity contribution < 1.29 is 4.79 Å². The van der Waals surface area contributed by atoms with Crippen LogP contribution in [0, 0.1) is 25.2 Å². The lowest BCUT2D eigenvalue weighted by atomic mass is 10.2. The van der Waals surface area contributed by atoms with E-state index in [4.69, 9.17) is 5.26 Å². The van der Waals surface area contributed by atoms with Crippen molar-refractivity contribution in [3.05, 3.63) is 34.7 Å². The first-order valence-corrected chi connectivity index (χ1v) is 5.74. The molecular formula is C11H10N4OS. The van der Waals surface area contributed by atoms with Gasteiger partial charge in [-0.1, -0.05) is 0 Å². The van der Waals surface area contributed by atoms with Crippen LogP contribution in [0.25, 0.3) is 0 Å². The Kier molecular flexibility index (Phi) is 2.93. The second-order valence-electron chi connectivity index (χ2n) is 3.50. The maximum absolute atomic E-state index is 11.8. The summed E-state index contributed by atoms with van der Waals surface area (Å²) in [6.45, 7) is 3.80. The van der Waals surface area contributed by atoms with E-state index in [1.807, 2.05) is 13.8 Å². The Morgan fingerprint density at radius 2 is 2.35 bits per heavy atom. The normalized spacial score (nSPS) is 9.94. The summed E-state index contributed by atoms with van der Waals surface area (Å²) in [6.07, 6.45) is 4.49. The van der Waals surface area contributed by atoms with Crippen LogP contribution in [0.5, 0.6) is 0 Å². The van der Waals surface area contributed by atoms with Crippen LogP contribution in [-0.4, -0.2) is 15.6 Å². The van der Waals surface area contributed by atoms with Crippen molar-refractivity contribution in [2.75, 3.05) is 5.32 Å². The van der Waals surface area contributed by atoms with E-state index < -0.39 is 0 Å². The predicted octanol–water partition coefficient (Wildman–Crippen LogP) is 2.51. The van der Waals surface area contributed by atoms with Crippen molar-refractivity contribution in [3.63, 3.8) is 0 Å². The average molecular weight is 246 g/mol. The fourth-order valence-electron chi connectivity index (χ4n) is 1.39. The molecule has 17 heavy (non-hydrogen) atoms. The second kappa shape index (κ2) is 4.39. The highest BCUT2D eigenvalue weighted by atomic mass is 32.1. The molecule has 0 atom stereocenters. The quantitative estimate of drug-likeness (QED) is 0.840. The average Bonchev–Trinajstić information content (AvgIpc) is 2.89. The number of hydrogen-bond donors (Lipinski definition) is 1. The molecule has 6 heteroatoms. The highest BCUT2D eigenvalue weighted by molar-refractivity contribution is 7.16. The SMILES string of the molecule is Cc1sc(NC(=O)n2ccnc2)c(C#N)c1C. The van der Waals surface area contributed by atoms with Gasteiger partial charge in [0.25, 0.3) is 0 Å². The van der Waals surface area contributed by atoms with Crippen molar-refractivity contribution in [2.45, 2.75) is 13.8 Å². The van der Waals surface area contributed by atoms with E-state index >= 15 is 0 Å². The maximum atomic E-state index is 11.8. The van der Waals surface area contributed by atoms with Gasteiger partial charge in [-0.05, 0) is 19.4 Å². The Morgan fingerprint density at radius 3 is 2.94 bits per heavy atom. The number of thiophene rings is 1. The third-order valence-corrected chi connectivity index (χ3v) is 3.58. The summed E-state index contributed by atoms with van der Waals surface area (Å²) in [6, 6.07) is 1.79. The number of anilines is 1. The minimum absolute atomic E-state index is 0.319. The number of nitrogens with zero attached hydrogens (tertiary/aromatic N) is 3. The van der Waals surface area contributed by atoms with Gasteiger partial charge in [-0.25, -0.2) is 9.78 Å². The Labute approximate surface area is 102 Å². The highest BCUT2D eigenvalue weighted by Crippen LogP contribution is 2.31. The van der Waals surface area contributed by atoms with Gasteiger partial charge in [-0.3, -0.25) is 9.88 Å². The minimum Gasteiger partial charge on any atom is -0.297 e. The zero-order valence-corrected chi connectivity index (χ0v) is 10.2. The molecule has 0 saturated carbocycles. The smallest absolute Gasteiger partial charge is 0.297 e. The van der Waals surface area contributed by atoms with Crippen LogP contribution < -0.4 is 5.32 Å². The molecule has 0 aromatic carbocycles. The highest BCUT2D eigenvalue weighted by Gasteiger charge is 2.14. The van der Waals surface area contributed by atoms with E-state index in [1.165, 1.54) is 28.4 Å². The molecule has 2 aromatic heterocycles. The van der Waals surface area contributed by atoms with E-state index in [2.05, 4.69) is 16.4 Å². The van der Waals surface area contributed by atoms with Gasteiger partial charge in [0.2, 0.25) is 0 Å². The number of rotatable bonds is 1. The summed E-state index contributed by atoms with van der Waals surface area (Å²) < 4.78 is 1.32. The molecule has 0 radical (unpaired) electrons. The summed E-state index contributed by atoms with van der Waals surface area (Å²) in [7, 11) is 0. The van der Waals surface area contributed by atoms with Crippen molar-refractivity contribution in [1.82, 2.24) is 9.55 Å². The molecule has 2 heterocycles. The standard InChI is InChI=1S/C11H10N4OS/c1-7-8(2)17-10(9(7)5-12)14-11(16)15-4-3-13-6-15/h3-4,6H,1-2H3,(H,14,16). The van der Waals surface area contributed by atoms with Crippen LogP contribution in [0.4, 0.5) is 9.80 Å². The second-order valence-corrected chi connectivity index (χ2v) is 4.72. The summed E-state index contributed by atoms with van der Waals surface area (Å²) in [5, 5.41) is 12.3. The van der Waals surface area contributed by atoms with Gasteiger partial charge >= 0.3 is 6.03 Å². The number of nitriles is 1. The molecule has 2 aromatic rings. The van der Waals surface area contributed by atoms with Crippen LogP contribution in [0.3, 0.4) is 0 Å². The van der Waals surface area contributed by atoms with Crippen LogP contribution >= 0.6 is 11.3 Å². The molecular weight excluding hydrogens is 236 g/mol. The van der Waals surface area contributed by atoms with E-state index in [-0.39, 0.29) is 6.03 Å². The lowest BCUT2D eigenvalue weighted by Crippen LogP contribution is -2.17. The molecule has 0 spiro atoms. The summed E-state index contributed by atoms with van der Waals surface area (Å²) in [5.41, 5.74) is 1.44. The Bertz CT molecular complexity index is 592. The van der Waals surface area contributed by atoms with Gasteiger partial charge < -0.3 is 0 Å². The van der Waals surface area contributed by atoms with Gasteiger partial charge in [-0.15, -0.1) is 11.3 Å². The number of imidazole rings is 1. The fourth-order valence-corrected chi connectivity index (χ4v) is 2.39. The van der Waals surface area contributed by atoms with Crippen LogP contribution in [-0.2, 0) is 0 Å². The molecule has 0 unspecified atom stereocenters. The number of hydrogen-bond acceptors (Lipinski definition) is 4. The van der Waals surface area contributed by atoms with E-state index in [9.17, 15) is 4.79 Å². The van der Waals surface area contributed by atoms with Crippen LogP contribution in [0.1, 0.15) is 16.0 Å². The molecule has 1 amide bonds. The Balaban J connectivity index is 2.29. The molecule has 0 aliphatic heterocycles. The van der Waals surface area contributed by atoms with Gasteiger partial charge in [0.15, 0.2) is 0 Å². The number of aromatic nitrogens is 2. The number of amides is 1. The fraction of sp³-hybridized carbons (Fsp3) is 0.182. The van der Waals surface area contributed by atoms with E-state index in [0.29, 0.717) is 10.6 Å². The molecule has 5 nitrogen and oxygen atoms in total. The Hall–Kier alpha value is -2.13. The molecule has 2 rings (SSSR count). The Morgan fingerprint density at radius 1 is 1.59 bits per heavy atom. The molecule has 86 valence electrons. The van der Waals surface area contributed by atoms with E-state index in [0.717, 1.165) is 10.4 Å². The largest absolute Gasteiger partial charge is 0.331 e. The van der Waals surface area contributed by atoms with Crippen molar-refractivity contribution >= 4 is 22.4 Å². The van der Waals surface area contributed by atoms with Crippen LogP contribution in [0.15, 0.2) is 18.7 Å². The molecule has 0 fully saturated rings. The zero-order chi connectivity index (χ0) is 12.4. The first kappa shape index (κ1) is 11.4. The summed E-state index contributed by atoms with van der Waals surface area (Å²) >= 11 is 1.40. The number of nitrogens with one attached hydrogen (secondary N) is 1. The van der Waals surface area contributed by atoms with E-state index in [1.54, 1.807) is 6.20 Å². The van der Waals surface area contributed by atoms with Crippen molar-refractivity contribution in [2.24, 2.45) is 0 Å². The van der Waals surface area contributed by atoms with Crippen LogP contribution in [0.2, 0.25) is 0 Å². The molecule has 0 aliphatic rings. The summed E-state index contributed by atoms with van der Waals surface area (Å²) in [4.78, 5) is 16.6. The first-order chi connectivity index (χ1) is 8.13. The minimum atomic E-state index is -0.319. The zero-order valence-electron chi connectivity index (χ0n) is 9.39. The lowest BCUT2D eigenvalue weighted by Gasteiger charge is -2.02. The molecule has 0 bridgehead atoms. The number of carbonyl (C=O) groups is 1. The monoisotopic (exact) mass is 246 g/mol. The topological polar surface area (TPSA) is 70.7 Å². The van der Waals surface area contributed by atoms with Crippen molar-refractivity contribution in [3.8, 4) is 6.07 Å². The number of aryl methyl sites for hydroxylation is 1. The third-order valence-electron chi connectivity index (χ3n) is 2.46. The van der Waals surface area contributed by atoms with Gasteiger partial charge in [0.05, 0.1) is 5.56 Å². The van der Waals surface area contributed by atoms with Gasteiger partial charge in [0.1, 0.15) is 17.4 Å². The first-order valence-electron chi connectivity index (χ1n) is 4.93. The number of carbonyl (C=O) groups excluding carboxylic acids is 1. The lowest BCUT2D eigenvalue weighted by molar-refractivity contribution is 0.253. The molecule has 0 saturated heterocycles. The summed E-state index contributed by atoms with van der Waals surface area (Å²) in [5.74, 6) is 0. The van der Waals surface area contributed by atoms with Crippen molar-refractivity contribution in [1.29, 1.82) is 5.26 Å². The third kappa shape index (κ3) is 2.05. The molecule has 1 N–H and O–H groups in total. The van der Waals surface area contributed by atoms with Gasteiger partial charge in [0, 0.05) is 17.3 Å². The maximum Gasteiger partial charge on any atom is 0.331 e. The predicted molar refractivity (Wildman–Crippen MR) is 65.2 cm³/mol. The molecule has 0 aliphatic carbocycles. The van der Waals surface area contributed by atoms with Gasteiger partial charge in [-0.2, -0.15) is 5.26 Å².